The molecular weight excluding hydrogens is 229 g/mol. The Balaban J connectivity index is 1.89. The number of aromatic nitrogens is 1. The van der Waals surface area contributed by atoms with Crippen LogP contribution in [0.15, 0.2) is 52.9 Å². The van der Waals surface area contributed by atoms with Gasteiger partial charge >= 0.3 is 0 Å². The van der Waals surface area contributed by atoms with E-state index in [1.54, 1.807) is 18.2 Å². The fourth-order valence-electron chi connectivity index (χ4n) is 1.70. The number of halogens is 1. The summed E-state index contributed by atoms with van der Waals surface area (Å²) >= 11 is 0. The molecule has 2 nitrogen and oxygen atoms in total. The molecule has 0 radical (unpaired) electrons. The molecule has 3 aromatic rings. The van der Waals surface area contributed by atoms with Crippen molar-refractivity contribution in [3.8, 4) is 0 Å². The molecule has 0 aliphatic heterocycles. The summed E-state index contributed by atoms with van der Waals surface area (Å²) in [6, 6.07) is 13.8. The number of fused-ring (bicyclic) bond motifs is 1. The molecule has 0 fully saturated rings. The van der Waals surface area contributed by atoms with Crippen LogP contribution in [0, 0.1) is 5.82 Å². The van der Waals surface area contributed by atoms with Crippen molar-refractivity contribution in [3.63, 3.8) is 0 Å². The Morgan fingerprint density at radius 1 is 0.944 bits per heavy atom. The van der Waals surface area contributed by atoms with E-state index in [0.29, 0.717) is 5.89 Å². The van der Waals surface area contributed by atoms with Crippen LogP contribution >= 0.6 is 0 Å². The third-order valence-electron chi connectivity index (χ3n) is 2.60. The first-order chi connectivity index (χ1) is 8.81. The van der Waals surface area contributed by atoms with Gasteiger partial charge in [-0.05, 0) is 35.9 Å². The average molecular weight is 239 g/mol. The van der Waals surface area contributed by atoms with Gasteiger partial charge in [0, 0.05) is 6.08 Å². The number of hydrogen-bond acceptors (Lipinski definition) is 2. The zero-order valence-corrected chi connectivity index (χ0v) is 9.51. The SMILES string of the molecule is Fc1ccc(C=Cc2nc3ccccc3o2)cc1. The molecule has 3 rings (SSSR count). The van der Waals surface area contributed by atoms with Gasteiger partial charge in [-0.2, -0.15) is 0 Å². The van der Waals surface area contributed by atoms with Crippen LogP contribution in [0.1, 0.15) is 11.5 Å². The second-order valence-corrected chi connectivity index (χ2v) is 3.90. The molecule has 1 heterocycles. The lowest BCUT2D eigenvalue weighted by Gasteiger charge is -1.91. The van der Waals surface area contributed by atoms with Crippen LogP contribution in [0.25, 0.3) is 23.3 Å². The molecular formula is C15H10FNO. The molecule has 3 heteroatoms. The zero-order valence-electron chi connectivity index (χ0n) is 9.51. The minimum Gasteiger partial charge on any atom is -0.437 e. The molecule has 0 aliphatic rings. The van der Waals surface area contributed by atoms with Crippen molar-refractivity contribution in [1.29, 1.82) is 0 Å². The number of hydrogen-bond donors (Lipinski definition) is 0. The Morgan fingerprint density at radius 2 is 1.72 bits per heavy atom. The Bertz CT molecular complexity index is 665. The maximum atomic E-state index is 12.7. The quantitative estimate of drug-likeness (QED) is 0.671. The molecule has 0 saturated carbocycles. The van der Waals surface area contributed by atoms with Crippen molar-refractivity contribution in [2.24, 2.45) is 0 Å². The van der Waals surface area contributed by atoms with Crippen molar-refractivity contribution >= 4 is 23.3 Å². The fraction of sp³-hybridized carbons (Fsp3) is 0. The largest absolute Gasteiger partial charge is 0.437 e. The van der Waals surface area contributed by atoms with Crippen LogP contribution in [-0.2, 0) is 0 Å². The average Bonchev–Trinajstić information content (AvgIpc) is 2.81. The van der Waals surface area contributed by atoms with E-state index in [1.807, 2.05) is 30.3 Å². The van der Waals surface area contributed by atoms with Crippen LogP contribution in [0.3, 0.4) is 0 Å². The van der Waals surface area contributed by atoms with Crippen molar-refractivity contribution in [2.75, 3.05) is 0 Å². The third-order valence-corrected chi connectivity index (χ3v) is 2.60. The van der Waals surface area contributed by atoms with Gasteiger partial charge in [-0.1, -0.05) is 24.3 Å². The normalized spacial score (nSPS) is 11.4. The highest BCUT2D eigenvalue weighted by atomic mass is 19.1. The van der Waals surface area contributed by atoms with Crippen molar-refractivity contribution in [3.05, 3.63) is 65.8 Å². The second-order valence-electron chi connectivity index (χ2n) is 3.90. The number of benzene rings is 2. The first kappa shape index (κ1) is 10.7. The highest BCUT2D eigenvalue weighted by molar-refractivity contribution is 5.75. The van der Waals surface area contributed by atoms with E-state index in [-0.39, 0.29) is 5.82 Å². The highest BCUT2D eigenvalue weighted by Gasteiger charge is 2.00. The number of rotatable bonds is 2. The minimum absolute atomic E-state index is 0.242. The first-order valence-corrected chi connectivity index (χ1v) is 5.60. The molecule has 88 valence electrons. The lowest BCUT2D eigenvalue weighted by Crippen LogP contribution is -1.74. The lowest BCUT2D eigenvalue weighted by molar-refractivity contribution is 0.590. The van der Waals surface area contributed by atoms with Crippen molar-refractivity contribution in [1.82, 2.24) is 4.98 Å². The molecule has 0 atom stereocenters. The predicted octanol–water partition coefficient (Wildman–Crippen LogP) is 4.14. The Kier molecular flexibility index (Phi) is 2.65. The topological polar surface area (TPSA) is 26.0 Å². The standard InChI is InChI=1S/C15H10FNO/c16-12-8-5-11(6-9-12)7-10-15-17-13-3-1-2-4-14(13)18-15/h1-10H. The number of oxazole rings is 1. The van der Waals surface area contributed by atoms with E-state index in [4.69, 9.17) is 4.42 Å². The van der Waals surface area contributed by atoms with E-state index in [0.717, 1.165) is 16.7 Å². The zero-order chi connectivity index (χ0) is 12.4. The molecule has 0 N–H and O–H groups in total. The molecule has 0 aliphatic carbocycles. The predicted molar refractivity (Wildman–Crippen MR) is 69.3 cm³/mol. The van der Waals surface area contributed by atoms with Gasteiger partial charge in [-0.3, -0.25) is 0 Å². The van der Waals surface area contributed by atoms with Crippen molar-refractivity contribution in [2.45, 2.75) is 0 Å². The Hall–Kier alpha value is -2.42. The molecule has 0 amide bonds. The maximum Gasteiger partial charge on any atom is 0.220 e. The molecule has 18 heavy (non-hydrogen) atoms. The summed E-state index contributed by atoms with van der Waals surface area (Å²) < 4.78 is 18.3. The monoisotopic (exact) mass is 239 g/mol. The lowest BCUT2D eigenvalue weighted by atomic mass is 10.2. The van der Waals surface area contributed by atoms with Gasteiger partial charge in [-0.25, -0.2) is 9.37 Å². The van der Waals surface area contributed by atoms with Crippen LogP contribution < -0.4 is 0 Å². The molecule has 1 aromatic heterocycles. The highest BCUT2D eigenvalue weighted by Crippen LogP contribution is 2.16. The Labute approximate surface area is 103 Å². The van der Waals surface area contributed by atoms with Crippen LogP contribution in [-0.4, -0.2) is 4.98 Å². The first-order valence-electron chi connectivity index (χ1n) is 5.60. The summed E-state index contributed by atoms with van der Waals surface area (Å²) in [7, 11) is 0. The van der Waals surface area contributed by atoms with Gasteiger partial charge in [0.25, 0.3) is 0 Å². The van der Waals surface area contributed by atoms with Crippen LogP contribution in [0.5, 0.6) is 0 Å². The molecule has 2 aromatic carbocycles. The van der Waals surface area contributed by atoms with E-state index >= 15 is 0 Å². The molecule has 0 saturated heterocycles. The van der Waals surface area contributed by atoms with Crippen LogP contribution in [0.4, 0.5) is 4.39 Å². The van der Waals surface area contributed by atoms with E-state index < -0.39 is 0 Å². The summed E-state index contributed by atoms with van der Waals surface area (Å²) in [5.41, 5.74) is 2.49. The van der Waals surface area contributed by atoms with Gasteiger partial charge in [0.2, 0.25) is 5.89 Å². The summed E-state index contributed by atoms with van der Waals surface area (Å²) in [6.07, 6.45) is 3.61. The second kappa shape index (κ2) is 4.45. The van der Waals surface area contributed by atoms with Gasteiger partial charge in [0.05, 0.1) is 0 Å². The minimum atomic E-state index is -0.242. The van der Waals surface area contributed by atoms with E-state index in [9.17, 15) is 4.39 Å². The summed E-state index contributed by atoms with van der Waals surface area (Å²) in [5.74, 6) is 0.300. The third kappa shape index (κ3) is 2.15. The molecule has 0 spiro atoms. The van der Waals surface area contributed by atoms with Gasteiger partial charge < -0.3 is 4.42 Å². The summed E-state index contributed by atoms with van der Waals surface area (Å²) in [5, 5.41) is 0. The smallest absolute Gasteiger partial charge is 0.220 e. The van der Waals surface area contributed by atoms with Crippen LogP contribution in [0.2, 0.25) is 0 Å². The van der Waals surface area contributed by atoms with Gasteiger partial charge in [-0.15, -0.1) is 0 Å². The van der Waals surface area contributed by atoms with E-state index in [1.165, 1.54) is 12.1 Å². The maximum absolute atomic E-state index is 12.7. The molecule has 0 unspecified atom stereocenters. The van der Waals surface area contributed by atoms with E-state index in [2.05, 4.69) is 4.98 Å². The number of para-hydroxylation sites is 2. The van der Waals surface area contributed by atoms with Gasteiger partial charge in [0.15, 0.2) is 5.58 Å². The summed E-state index contributed by atoms with van der Waals surface area (Å²) in [4.78, 5) is 4.32. The van der Waals surface area contributed by atoms with Crippen molar-refractivity contribution < 1.29 is 8.81 Å². The summed E-state index contributed by atoms with van der Waals surface area (Å²) in [6.45, 7) is 0. The van der Waals surface area contributed by atoms with Gasteiger partial charge in [0.1, 0.15) is 11.3 Å². The Morgan fingerprint density at radius 3 is 2.50 bits per heavy atom. The fourth-order valence-corrected chi connectivity index (χ4v) is 1.70. The number of nitrogens with zero attached hydrogens (tertiary/aromatic N) is 1. The molecule has 0 bridgehead atoms.